The van der Waals surface area contributed by atoms with E-state index in [9.17, 15) is 0 Å². The summed E-state index contributed by atoms with van der Waals surface area (Å²) in [6, 6.07) is 3.86. The van der Waals surface area contributed by atoms with Crippen LogP contribution in [0.1, 0.15) is 18.1 Å². The molecule has 0 aliphatic heterocycles. The normalized spacial score (nSPS) is 10.1. The van der Waals surface area contributed by atoms with Gasteiger partial charge < -0.3 is 16.2 Å². The Labute approximate surface area is 78.6 Å². The van der Waals surface area contributed by atoms with E-state index in [1.165, 1.54) is 5.56 Å². The molecule has 1 rings (SSSR count). The summed E-state index contributed by atoms with van der Waals surface area (Å²) in [5, 5.41) is 12.0. The maximum atomic E-state index is 8.99. The summed E-state index contributed by atoms with van der Waals surface area (Å²) in [7, 11) is 1.84. The summed E-state index contributed by atoms with van der Waals surface area (Å²) in [6.07, 6.45) is 0.937. The molecule has 0 spiro atoms. The second-order valence-electron chi connectivity index (χ2n) is 2.93. The van der Waals surface area contributed by atoms with Crippen LogP contribution in [0.2, 0.25) is 0 Å². The number of hydrogen-bond donors (Lipinski definition) is 3. The Morgan fingerprint density at radius 1 is 1.38 bits per heavy atom. The molecule has 0 fully saturated rings. The highest BCUT2D eigenvalue weighted by Gasteiger charge is 2.06. The molecule has 0 bridgehead atoms. The smallest absolute Gasteiger partial charge is 0.0702 e. The van der Waals surface area contributed by atoms with Gasteiger partial charge in [0.25, 0.3) is 0 Å². The zero-order valence-electron chi connectivity index (χ0n) is 8.09. The van der Waals surface area contributed by atoms with Crippen molar-refractivity contribution in [2.45, 2.75) is 20.0 Å². The standard InChI is InChI=1S/C10H16N2O/c1-3-7-4-5-8(6-13)9(11)10(7)12-2/h4-5,12-13H,3,6,11H2,1-2H3. The number of aliphatic hydroxyl groups is 1. The molecular weight excluding hydrogens is 164 g/mol. The summed E-state index contributed by atoms with van der Waals surface area (Å²) in [5.41, 5.74) is 9.41. The maximum absolute atomic E-state index is 8.99. The molecule has 0 radical (unpaired) electrons. The van der Waals surface area contributed by atoms with Crippen LogP contribution >= 0.6 is 0 Å². The average molecular weight is 180 g/mol. The van der Waals surface area contributed by atoms with E-state index in [0.29, 0.717) is 5.69 Å². The van der Waals surface area contributed by atoms with Crippen molar-refractivity contribution < 1.29 is 5.11 Å². The van der Waals surface area contributed by atoms with Crippen molar-refractivity contribution in [1.29, 1.82) is 0 Å². The summed E-state index contributed by atoms with van der Waals surface area (Å²) < 4.78 is 0. The lowest BCUT2D eigenvalue weighted by atomic mass is 10.0. The zero-order valence-corrected chi connectivity index (χ0v) is 8.09. The number of hydrogen-bond acceptors (Lipinski definition) is 3. The SMILES string of the molecule is CCc1ccc(CO)c(N)c1NC. The van der Waals surface area contributed by atoms with Gasteiger partial charge >= 0.3 is 0 Å². The van der Waals surface area contributed by atoms with Gasteiger partial charge in [-0.2, -0.15) is 0 Å². The van der Waals surface area contributed by atoms with Gasteiger partial charge in [0.1, 0.15) is 0 Å². The fourth-order valence-electron chi connectivity index (χ4n) is 1.44. The highest BCUT2D eigenvalue weighted by Crippen LogP contribution is 2.27. The second-order valence-corrected chi connectivity index (χ2v) is 2.93. The lowest BCUT2D eigenvalue weighted by molar-refractivity contribution is 0.282. The van der Waals surface area contributed by atoms with E-state index in [1.807, 2.05) is 19.2 Å². The Morgan fingerprint density at radius 3 is 2.46 bits per heavy atom. The van der Waals surface area contributed by atoms with Gasteiger partial charge in [-0.3, -0.25) is 0 Å². The minimum absolute atomic E-state index is 0.00942. The predicted molar refractivity (Wildman–Crippen MR) is 55.7 cm³/mol. The van der Waals surface area contributed by atoms with Gasteiger partial charge in [0.05, 0.1) is 18.0 Å². The van der Waals surface area contributed by atoms with Crippen molar-refractivity contribution in [2.75, 3.05) is 18.1 Å². The molecule has 3 nitrogen and oxygen atoms in total. The Morgan fingerprint density at radius 2 is 2.00 bits per heavy atom. The molecule has 0 unspecified atom stereocenters. The number of aliphatic hydroxyl groups excluding tert-OH is 1. The van der Waals surface area contributed by atoms with E-state index in [0.717, 1.165) is 17.7 Å². The first kappa shape index (κ1) is 9.86. The van der Waals surface area contributed by atoms with Crippen molar-refractivity contribution in [3.63, 3.8) is 0 Å². The Kier molecular flexibility index (Phi) is 3.14. The van der Waals surface area contributed by atoms with Crippen molar-refractivity contribution in [2.24, 2.45) is 0 Å². The quantitative estimate of drug-likeness (QED) is 0.616. The van der Waals surface area contributed by atoms with Gasteiger partial charge in [0.15, 0.2) is 0 Å². The molecule has 0 saturated heterocycles. The fraction of sp³-hybridized carbons (Fsp3) is 0.400. The van der Waals surface area contributed by atoms with Crippen LogP contribution in [0.3, 0.4) is 0 Å². The van der Waals surface area contributed by atoms with Gasteiger partial charge in [-0.05, 0) is 12.0 Å². The maximum Gasteiger partial charge on any atom is 0.0702 e. The molecule has 3 heteroatoms. The minimum Gasteiger partial charge on any atom is -0.397 e. The third-order valence-electron chi connectivity index (χ3n) is 2.22. The van der Waals surface area contributed by atoms with Gasteiger partial charge in [0.2, 0.25) is 0 Å². The number of anilines is 2. The Hall–Kier alpha value is -1.22. The van der Waals surface area contributed by atoms with Gasteiger partial charge in [-0.15, -0.1) is 0 Å². The number of nitrogens with two attached hydrogens (primary N) is 1. The first-order chi connectivity index (χ1) is 6.24. The average Bonchev–Trinajstić information content (AvgIpc) is 2.17. The molecule has 0 aromatic heterocycles. The molecule has 0 aliphatic rings. The van der Waals surface area contributed by atoms with Crippen LogP contribution in [0.5, 0.6) is 0 Å². The topological polar surface area (TPSA) is 58.3 Å². The molecule has 0 atom stereocenters. The molecule has 1 aromatic rings. The van der Waals surface area contributed by atoms with Crippen LogP contribution in [0.4, 0.5) is 11.4 Å². The molecule has 0 amide bonds. The summed E-state index contributed by atoms with van der Waals surface area (Å²) in [5.74, 6) is 0. The van der Waals surface area contributed by atoms with Crippen LogP contribution in [-0.4, -0.2) is 12.2 Å². The molecule has 72 valence electrons. The van der Waals surface area contributed by atoms with Crippen LogP contribution in [0.15, 0.2) is 12.1 Å². The first-order valence-corrected chi connectivity index (χ1v) is 4.43. The van der Waals surface area contributed by atoms with Crippen LogP contribution < -0.4 is 11.1 Å². The second kappa shape index (κ2) is 4.14. The summed E-state index contributed by atoms with van der Waals surface area (Å²) in [6.45, 7) is 2.07. The molecule has 0 saturated carbocycles. The van der Waals surface area contributed by atoms with Crippen molar-refractivity contribution in [1.82, 2.24) is 0 Å². The van der Waals surface area contributed by atoms with Crippen molar-refractivity contribution >= 4 is 11.4 Å². The number of nitrogen functional groups attached to an aromatic ring is 1. The van der Waals surface area contributed by atoms with Crippen molar-refractivity contribution in [3.05, 3.63) is 23.3 Å². The number of aryl methyl sites for hydroxylation is 1. The fourth-order valence-corrected chi connectivity index (χ4v) is 1.44. The molecule has 0 aliphatic carbocycles. The highest BCUT2D eigenvalue weighted by molar-refractivity contribution is 5.73. The number of benzene rings is 1. The lowest BCUT2D eigenvalue weighted by Gasteiger charge is -2.13. The van der Waals surface area contributed by atoms with Crippen molar-refractivity contribution in [3.8, 4) is 0 Å². The Bertz CT molecular complexity index is 297. The minimum atomic E-state index is -0.00942. The van der Waals surface area contributed by atoms with Crippen LogP contribution in [0, 0.1) is 0 Å². The number of nitrogens with one attached hydrogen (secondary N) is 1. The predicted octanol–water partition coefficient (Wildman–Crippen LogP) is 1.37. The van der Waals surface area contributed by atoms with E-state index in [4.69, 9.17) is 10.8 Å². The lowest BCUT2D eigenvalue weighted by Crippen LogP contribution is -2.03. The van der Waals surface area contributed by atoms with E-state index in [-0.39, 0.29) is 6.61 Å². The monoisotopic (exact) mass is 180 g/mol. The molecule has 1 aromatic carbocycles. The summed E-state index contributed by atoms with van der Waals surface area (Å²) in [4.78, 5) is 0. The Balaban J connectivity index is 3.23. The third kappa shape index (κ3) is 1.75. The van der Waals surface area contributed by atoms with Gasteiger partial charge in [-0.1, -0.05) is 19.1 Å². The van der Waals surface area contributed by atoms with E-state index in [2.05, 4.69) is 12.2 Å². The van der Waals surface area contributed by atoms with E-state index >= 15 is 0 Å². The van der Waals surface area contributed by atoms with E-state index < -0.39 is 0 Å². The van der Waals surface area contributed by atoms with E-state index in [1.54, 1.807) is 0 Å². The van der Waals surface area contributed by atoms with Crippen LogP contribution in [-0.2, 0) is 13.0 Å². The number of rotatable bonds is 3. The largest absolute Gasteiger partial charge is 0.397 e. The van der Waals surface area contributed by atoms with Crippen LogP contribution in [0.25, 0.3) is 0 Å². The van der Waals surface area contributed by atoms with Gasteiger partial charge in [0, 0.05) is 12.6 Å². The third-order valence-corrected chi connectivity index (χ3v) is 2.22. The zero-order chi connectivity index (χ0) is 9.84. The first-order valence-electron chi connectivity index (χ1n) is 4.43. The van der Waals surface area contributed by atoms with Gasteiger partial charge in [-0.25, -0.2) is 0 Å². The molecule has 13 heavy (non-hydrogen) atoms. The molecule has 4 N–H and O–H groups in total. The molecule has 0 heterocycles. The summed E-state index contributed by atoms with van der Waals surface area (Å²) >= 11 is 0. The molecular formula is C10H16N2O. The highest BCUT2D eigenvalue weighted by atomic mass is 16.3.